The van der Waals surface area contributed by atoms with Crippen molar-refractivity contribution >= 4 is 5.97 Å². The van der Waals surface area contributed by atoms with Crippen LogP contribution in [0.15, 0.2) is 0 Å². The number of unbranched alkanes of at least 4 members (excludes halogenated alkanes) is 3. The van der Waals surface area contributed by atoms with E-state index in [1.807, 2.05) is 0 Å². The van der Waals surface area contributed by atoms with E-state index in [1.165, 1.54) is 25.7 Å². The lowest BCUT2D eigenvalue weighted by Gasteiger charge is -2.27. The zero-order valence-electron chi connectivity index (χ0n) is 13.3. The first kappa shape index (κ1) is 17.4. The number of carboxylic acid groups (broad SMARTS) is 1. The monoisotopic (exact) mass is 285 g/mol. The molecular formula is C16H31NO3. The van der Waals surface area contributed by atoms with Gasteiger partial charge >= 0.3 is 5.97 Å². The molecule has 2 N–H and O–H groups in total. The molecular weight excluding hydrogens is 254 g/mol. The molecule has 4 heteroatoms. The van der Waals surface area contributed by atoms with Gasteiger partial charge in [-0.3, -0.25) is 10.1 Å². The van der Waals surface area contributed by atoms with Crippen molar-refractivity contribution in [3.63, 3.8) is 0 Å². The largest absolute Gasteiger partial charge is 0.480 e. The van der Waals surface area contributed by atoms with E-state index in [1.54, 1.807) is 6.92 Å². The summed E-state index contributed by atoms with van der Waals surface area (Å²) in [5.41, 5.74) is -0.844. The van der Waals surface area contributed by atoms with Crippen LogP contribution in [0.25, 0.3) is 0 Å². The molecule has 0 bridgehead atoms. The minimum Gasteiger partial charge on any atom is -0.480 e. The molecule has 4 nitrogen and oxygen atoms in total. The Morgan fingerprint density at radius 1 is 1.40 bits per heavy atom. The van der Waals surface area contributed by atoms with Crippen LogP contribution in [0.3, 0.4) is 0 Å². The van der Waals surface area contributed by atoms with Crippen molar-refractivity contribution in [2.75, 3.05) is 6.61 Å². The molecule has 0 radical (unpaired) electrons. The maximum Gasteiger partial charge on any atom is 0.323 e. The van der Waals surface area contributed by atoms with Crippen molar-refractivity contribution < 1.29 is 14.6 Å². The van der Waals surface area contributed by atoms with Gasteiger partial charge in [0.2, 0.25) is 0 Å². The molecule has 1 fully saturated rings. The number of hydrogen-bond acceptors (Lipinski definition) is 3. The molecule has 2 unspecified atom stereocenters. The second-order valence-electron chi connectivity index (χ2n) is 6.34. The molecule has 1 aliphatic rings. The summed E-state index contributed by atoms with van der Waals surface area (Å²) in [7, 11) is 0. The molecule has 0 heterocycles. The lowest BCUT2D eigenvalue weighted by atomic mass is 9.98. The Morgan fingerprint density at radius 3 is 2.65 bits per heavy atom. The van der Waals surface area contributed by atoms with Gasteiger partial charge in [0.1, 0.15) is 5.54 Å². The van der Waals surface area contributed by atoms with Gasteiger partial charge in [-0.1, -0.05) is 32.6 Å². The molecule has 0 spiro atoms. The van der Waals surface area contributed by atoms with Crippen molar-refractivity contribution in [1.82, 2.24) is 5.32 Å². The smallest absolute Gasteiger partial charge is 0.323 e. The molecule has 1 saturated carbocycles. The Kier molecular flexibility index (Phi) is 7.52. The summed E-state index contributed by atoms with van der Waals surface area (Å²) < 4.78 is 5.77. The maximum absolute atomic E-state index is 11.4. The normalized spacial score (nSPS) is 19.6. The highest BCUT2D eigenvalue weighted by Gasteiger charge is 2.38. The van der Waals surface area contributed by atoms with Crippen molar-refractivity contribution in [2.24, 2.45) is 0 Å². The quantitative estimate of drug-likeness (QED) is 0.540. The van der Waals surface area contributed by atoms with Gasteiger partial charge in [-0.2, -0.15) is 0 Å². The van der Waals surface area contributed by atoms with Gasteiger partial charge in [-0.15, -0.1) is 0 Å². The fraction of sp³-hybridized carbons (Fsp3) is 0.938. The Bertz CT molecular complexity index is 291. The van der Waals surface area contributed by atoms with Crippen LogP contribution in [-0.4, -0.2) is 35.4 Å². The SMILES string of the molecule is CCCCCCC(C)OCCC(C)(NC1CC1)C(=O)O. The molecule has 0 amide bonds. The summed E-state index contributed by atoms with van der Waals surface area (Å²) >= 11 is 0. The van der Waals surface area contributed by atoms with E-state index in [-0.39, 0.29) is 6.10 Å². The topological polar surface area (TPSA) is 58.6 Å². The molecule has 1 aliphatic carbocycles. The fourth-order valence-corrected chi connectivity index (χ4v) is 2.33. The van der Waals surface area contributed by atoms with Crippen molar-refractivity contribution in [3.05, 3.63) is 0 Å². The highest BCUT2D eigenvalue weighted by atomic mass is 16.5. The van der Waals surface area contributed by atoms with E-state index >= 15 is 0 Å². The molecule has 1 rings (SSSR count). The Labute approximate surface area is 123 Å². The Balaban J connectivity index is 2.17. The average molecular weight is 285 g/mol. The van der Waals surface area contributed by atoms with E-state index in [0.29, 0.717) is 19.1 Å². The average Bonchev–Trinajstić information content (AvgIpc) is 3.18. The Hall–Kier alpha value is -0.610. The van der Waals surface area contributed by atoms with Gasteiger partial charge in [-0.25, -0.2) is 0 Å². The third-order valence-electron chi connectivity index (χ3n) is 4.04. The standard InChI is InChI=1S/C16H31NO3/c1-4-5-6-7-8-13(2)20-12-11-16(3,15(18)19)17-14-9-10-14/h13-14,17H,4-12H2,1-3H3,(H,18,19). The summed E-state index contributed by atoms with van der Waals surface area (Å²) in [5.74, 6) is -0.774. The lowest BCUT2D eigenvalue weighted by molar-refractivity contribution is -0.145. The van der Waals surface area contributed by atoms with Crippen LogP contribution < -0.4 is 5.32 Å². The van der Waals surface area contributed by atoms with Gasteiger partial charge in [0.05, 0.1) is 6.10 Å². The summed E-state index contributed by atoms with van der Waals surface area (Å²) in [6.45, 7) is 6.57. The number of carbonyl (C=O) groups is 1. The minimum atomic E-state index is -0.844. The predicted octanol–water partition coefficient (Wildman–Crippen LogP) is 3.35. The molecule has 0 aromatic rings. The first-order valence-electron chi connectivity index (χ1n) is 8.10. The summed E-state index contributed by atoms with van der Waals surface area (Å²) in [6, 6.07) is 0.391. The van der Waals surface area contributed by atoms with E-state index in [0.717, 1.165) is 19.3 Å². The van der Waals surface area contributed by atoms with Crippen molar-refractivity contribution in [3.8, 4) is 0 Å². The zero-order chi connectivity index (χ0) is 15.0. The summed E-state index contributed by atoms with van der Waals surface area (Å²) in [6.07, 6.45) is 9.01. The second-order valence-corrected chi connectivity index (χ2v) is 6.34. The highest BCUT2D eigenvalue weighted by molar-refractivity contribution is 5.78. The van der Waals surface area contributed by atoms with Crippen LogP contribution in [0.4, 0.5) is 0 Å². The highest BCUT2D eigenvalue weighted by Crippen LogP contribution is 2.24. The molecule has 0 aromatic heterocycles. The van der Waals surface area contributed by atoms with E-state index in [4.69, 9.17) is 4.74 Å². The molecule has 2 atom stereocenters. The number of hydrogen-bond donors (Lipinski definition) is 2. The van der Waals surface area contributed by atoms with Gasteiger partial charge in [-0.05, 0) is 39.5 Å². The summed E-state index contributed by atoms with van der Waals surface area (Å²) in [4.78, 5) is 11.4. The predicted molar refractivity (Wildman–Crippen MR) is 81.0 cm³/mol. The first-order chi connectivity index (χ1) is 9.48. The van der Waals surface area contributed by atoms with Gasteiger partial charge in [0.25, 0.3) is 0 Å². The van der Waals surface area contributed by atoms with Crippen LogP contribution in [0, 0.1) is 0 Å². The molecule has 118 valence electrons. The summed E-state index contributed by atoms with van der Waals surface area (Å²) in [5, 5.41) is 12.6. The van der Waals surface area contributed by atoms with Gasteiger partial charge in [0, 0.05) is 12.6 Å². The van der Waals surface area contributed by atoms with Crippen molar-refractivity contribution in [2.45, 2.75) is 89.8 Å². The molecule has 0 saturated heterocycles. The van der Waals surface area contributed by atoms with Crippen LogP contribution >= 0.6 is 0 Å². The van der Waals surface area contributed by atoms with E-state index in [9.17, 15) is 9.90 Å². The number of carboxylic acids is 1. The molecule has 0 aliphatic heterocycles. The molecule has 0 aromatic carbocycles. The van der Waals surface area contributed by atoms with Gasteiger partial charge < -0.3 is 9.84 Å². The van der Waals surface area contributed by atoms with Crippen LogP contribution in [0.1, 0.15) is 72.1 Å². The first-order valence-corrected chi connectivity index (χ1v) is 8.10. The van der Waals surface area contributed by atoms with Crippen LogP contribution in [-0.2, 0) is 9.53 Å². The number of aliphatic carboxylic acids is 1. The fourth-order valence-electron chi connectivity index (χ4n) is 2.33. The number of nitrogens with one attached hydrogen (secondary N) is 1. The van der Waals surface area contributed by atoms with Crippen molar-refractivity contribution in [1.29, 1.82) is 0 Å². The number of ether oxygens (including phenoxy) is 1. The van der Waals surface area contributed by atoms with Gasteiger partial charge in [0.15, 0.2) is 0 Å². The zero-order valence-corrected chi connectivity index (χ0v) is 13.3. The van der Waals surface area contributed by atoms with E-state index < -0.39 is 11.5 Å². The third kappa shape index (κ3) is 6.71. The third-order valence-corrected chi connectivity index (χ3v) is 4.04. The minimum absolute atomic E-state index is 0.228. The second kappa shape index (κ2) is 8.63. The van der Waals surface area contributed by atoms with E-state index in [2.05, 4.69) is 19.2 Å². The number of rotatable bonds is 12. The Morgan fingerprint density at radius 2 is 2.10 bits per heavy atom. The lowest BCUT2D eigenvalue weighted by Crippen LogP contribution is -2.51. The maximum atomic E-state index is 11.4. The molecule has 20 heavy (non-hydrogen) atoms. The van der Waals surface area contributed by atoms with Crippen LogP contribution in [0.2, 0.25) is 0 Å². The van der Waals surface area contributed by atoms with Crippen LogP contribution in [0.5, 0.6) is 0 Å².